The van der Waals surface area contributed by atoms with Gasteiger partial charge in [-0.3, -0.25) is 4.98 Å². The van der Waals surface area contributed by atoms with Crippen molar-refractivity contribution in [2.24, 2.45) is 0 Å². The number of aliphatic hydroxyl groups is 1. The molecule has 2 aromatic heterocycles. The third kappa shape index (κ3) is 2.55. The Kier molecular flexibility index (Phi) is 3.54. The fourth-order valence-corrected chi connectivity index (χ4v) is 3.02. The van der Waals surface area contributed by atoms with Gasteiger partial charge in [-0.1, -0.05) is 6.07 Å². The van der Waals surface area contributed by atoms with E-state index in [9.17, 15) is 10.2 Å². The monoisotopic (exact) mass is 322 g/mol. The smallest absolute Gasteiger partial charge is 0.158 e. The molecular weight excluding hydrogens is 304 g/mol. The molecule has 0 unspecified atom stereocenters. The molecular formula is C18H18N4O2. The maximum atomic E-state index is 10.3. The third-order valence-corrected chi connectivity index (χ3v) is 4.40. The zero-order valence-electron chi connectivity index (χ0n) is 13.3. The summed E-state index contributed by atoms with van der Waals surface area (Å²) in [6, 6.07) is 9.45. The van der Waals surface area contributed by atoms with Crippen LogP contribution in [0.5, 0.6) is 5.75 Å². The van der Waals surface area contributed by atoms with Crippen LogP contribution in [0.15, 0.2) is 36.5 Å². The molecule has 1 fully saturated rings. The molecule has 1 aromatic carbocycles. The quantitative estimate of drug-likeness (QED) is 0.687. The number of aromatic hydroxyl groups is 1. The molecule has 0 bridgehead atoms. The number of rotatable bonds is 3. The summed E-state index contributed by atoms with van der Waals surface area (Å²) in [7, 11) is 0. The van der Waals surface area contributed by atoms with Gasteiger partial charge in [0.25, 0.3) is 0 Å². The summed E-state index contributed by atoms with van der Waals surface area (Å²) in [5.74, 6) is 0.824. The molecule has 0 aliphatic heterocycles. The minimum Gasteiger partial charge on any atom is -0.507 e. The van der Waals surface area contributed by atoms with Gasteiger partial charge in [0.15, 0.2) is 5.82 Å². The van der Waals surface area contributed by atoms with E-state index in [0.29, 0.717) is 35.4 Å². The lowest BCUT2D eigenvalue weighted by Crippen LogP contribution is -2.39. The molecule has 24 heavy (non-hydrogen) atoms. The highest BCUT2D eigenvalue weighted by molar-refractivity contribution is 5.98. The second-order valence-electron chi connectivity index (χ2n) is 6.28. The molecule has 1 aliphatic rings. The van der Waals surface area contributed by atoms with Crippen LogP contribution in [0.3, 0.4) is 0 Å². The van der Waals surface area contributed by atoms with Crippen molar-refractivity contribution in [3.8, 4) is 17.0 Å². The Bertz CT molecular complexity index is 907. The molecule has 0 radical (unpaired) electrons. The number of pyridine rings is 1. The van der Waals surface area contributed by atoms with Gasteiger partial charge in [-0.15, -0.1) is 10.2 Å². The molecule has 6 heteroatoms. The largest absolute Gasteiger partial charge is 0.507 e. The average Bonchev–Trinajstić information content (AvgIpc) is 2.54. The van der Waals surface area contributed by atoms with Crippen molar-refractivity contribution in [2.45, 2.75) is 31.9 Å². The maximum absolute atomic E-state index is 10.3. The van der Waals surface area contributed by atoms with Crippen molar-refractivity contribution in [1.29, 1.82) is 0 Å². The van der Waals surface area contributed by atoms with E-state index in [-0.39, 0.29) is 17.9 Å². The fourth-order valence-electron chi connectivity index (χ4n) is 3.02. The molecule has 3 aromatic rings. The maximum Gasteiger partial charge on any atom is 0.158 e. The van der Waals surface area contributed by atoms with Crippen molar-refractivity contribution >= 4 is 16.7 Å². The molecule has 0 spiro atoms. The highest BCUT2D eigenvalue weighted by Gasteiger charge is 2.28. The first kappa shape index (κ1) is 14.8. The Morgan fingerprint density at radius 1 is 1.17 bits per heavy atom. The van der Waals surface area contributed by atoms with Gasteiger partial charge in [0.05, 0.1) is 6.10 Å². The van der Waals surface area contributed by atoms with E-state index in [4.69, 9.17) is 0 Å². The standard InChI is InChI=1S/C18H18N4O2/c1-10-4-5-13(15(24)7-10)17-16-14(3-2-6-19-16)18(22-21-17)20-11-8-12(23)9-11/h2-7,11-12,23-24H,8-9H2,1H3,(H,20,22). The van der Waals surface area contributed by atoms with Crippen LogP contribution >= 0.6 is 0 Å². The minimum atomic E-state index is -0.233. The highest BCUT2D eigenvalue weighted by atomic mass is 16.3. The number of fused-ring (bicyclic) bond motifs is 1. The van der Waals surface area contributed by atoms with Crippen molar-refractivity contribution in [2.75, 3.05) is 5.32 Å². The van der Waals surface area contributed by atoms with Crippen LogP contribution < -0.4 is 5.32 Å². The molecule has 4 rings (SSSR count). The van der Waals surface area contributed by atoms with E-state index >= 15 is 0 Å². The number of benzene rings is 1. The first-order valence-corrected chi connectivity index (χ1v) is 7.98. The zero-order chi connectivity index (χ0) is 16.7. The minimum absolute atomic E-state index is 0.166. The first-order chi connectivity index (χ1) is 11.6. The number of aromatic nitrogens is 3. The molecule has 0 saturated heterocycles. The van der Waals surface area contributed by atoms with Crippen molar-refractivity contribution in [3.05, 3.63) is 42.1 Å². The summed E-state index contributed by atoms with van der Waals surface area (Å²) in [4.78, 5) is 4.44. The van der Waals surface area contributed by atoms with Crippen molar-refractivity contribution < 1.29 is 10.2 Å². The van der Waals surface area contributed by atoms with Gasteiger partial charge in [-0.2, -0.15) is 0 Å². The molecule has 1 saturated carbocycles. The normalized spacial score (nSPS) is 19.9. The lowest BCUT2D eigenvalue weighted by Gasteiger charge is -2.32. The van der Waals surface area contributed by atoms with E-state index in [1.165, 1.54) is 0 Å². The van der Waals surface area contributed by atoms with Gasteiger partial charge in [-0.05, 0) is 49.6 Å². The first-order valence-electron chi connectivity index (χ1n) is 7.98. The Hall–Kier alpha value is -2.73. The lowest BCUT2D eigenvalue weighted by atomic mass is 9.89. The third-order valence-electron chi connectivity index (χ3n) is 4.40. The number of aryl methyl sites for hydroxylation is 1. The number of phenols is 1. The molecule has 2 heterocycles. The number of nitrogens with zero attached hydrogens (tertiary/aromatic N) is 3. The number of aliphatic hydroxyl groups excluding tert-OH is 1. The number of hydrogen-bond donors (Lipinski definition) is 3. The van der Waals surface area contributed by atoms with Gasteiger partial charge in [0.2, 0.25) is 0 Å². The van der Waals surface area contributed by atoms with Crippen molar-refractivity contribution in [1.82, 2.24) is 15.2 Å². The lowest BCUT2D eigenvalue weighted by molar-refractivity contribution is 0.0835. The predicted octanol–water partition coefficient (Wildman–Crippen LogP) is 2.64. The number of anilines is 1. The topological polar surface area (TPSA) is 91.2 Å². The van der Waals surface area contributed by atoms with E-state index in [1.807, 2.05) is 31.2 Å². The second-order valence-corrected chi connectivity index (χ2v) is 6.28. The summed E-state index contributed by atoms with van der Waals surface area (Å²) < 4.78 is 0. The second kappa shape index (κ2) is 5.72. The zero-order valence-corrected chi connectivity index (χ0v) is 13.3. The van der Waals surface area contributed by atoms with E-state index in [1.54, 1.807) is 12.3 Å². The number of nitrogens with one attached hydrogen (secondary N) is 1. The summed E-state index contributed by atoms with van der Waals surface area (Å²) in [6.45, 7) is 1.92. The van der Waals surface area contributed by atoms with E-state index in [0.717, 1.165) is 10.9 Å². The van der Waals surface area contributed by atoms with Crippen LogP contribution in [-0.2, 0) is 0 Å². The van der Waals surface area contributed by atoms with Crippen LogP contribution in [0.4, 0.5) is 5.82 Å². The Morgan fingerprint density at radius 2 is 2.00 bits per heavy atom. The van der Waals surface area contributed by atoms with Crippen LogP contribution in [-0.4, -0.2) is 37.5 Å². The summed E-state index contributed by atoms with van der Waals surface area (Å²) in [5, 5.41) is 32.5. The molecule has 1 aliphatic carbocycles. The van der Waals surface area contributed by atoms with Gasteiger partial charge >= 0.3 is 0 Å². The molecule has 6 nitrogen and oxygen atoms in total. The Labute approximate surface area is 139 Å². The molecule has 3 N–H and O–H groups in total. The van der Waals surface area contributed by atoms with Crippen LogP contribution in [0.2, 0.25) is 0 Å². The van der Waals surface area contributed by atoms with Crippen LogP contribution in [0.1, 0.15) is 18.4 Å². The summed E-state index contributed by atoms with van der Waals surface area (Å²) in [6.07, 6.45) is 2.90. The highest BCUT2D eigenvalue weighted by Crippen LogP contribution is 2.34. The molecule has 0 amide bonds. The fraction of sp³-hybridized carbons (Fsp3) is 0.278. The van der Waals surface area contributed by atoms with Crippen molar-refractivity contribution in [3.63, 3.8) is 0 Å². The van der Waals surface area contributed by atoms with Gasteiger partial charge in [-0.25, -0.2) is 0 Å². The number of hydrogen-bond acceptors (Lipinski definition) is 6. The Balaban J connectivity index is 1.80. The van der Waals surface area contributed by atoms with Crippen LogP contribution in [0, 0.1) is 6.92 Å². The molecule has 122 valence electrons. The van der Waals surface area contributed by atoms with Gasteiger partial charge < -0.3 is 15.5 Å². The predicted molar refractivity (Wildman–Crippen MR) is 91.8 cm³/mol. The Morgan fingerprint density at radius 3 is 2.75 bits per heavy atom. The summed E-state index contributed by atoms with van der Waals surface area (Å²) >= 11 is 0. The number of phenolic OH excluding ortho intramolecular Hbond substituents is 1. The SMILES string of the molecule is Cc1ccc(-c2nnc(NC3CC(O)C3)c3cccnc23)c(O)c1. The van der Waals surface area contributed by atoms with Gasteiger partial charge in [0, 0.05) is 23.2 Å². The summed E-state index contributed by atoms with van der Waals surface area (Å²) in [5.41, 5.74) is 2.84. The van der Waals surface area contributed by atoms with E-state index in [2.05, 4.69) is 20.5 Å². The van der Waals surface area contributed by atoms with E-state index < -0.39 is 0 Å². The van der Waals surface area contributed by atoms with Crippen LogP contribution in [0.25, 0.3) is 22.2 Å². The molecule has 0 atom stereocenters. The van der Waals surface area contributed by atoms with Gasteiger partial charge in [0.1, 0.15) is 17.0 Å². The average molecular weight is 322 g/mol.